The third kappa shape index (κ3) is 5.35. The molecule has 6 rings (SSSR count). The van der Waals surface area contributed by atoms with Gasteiger partial charge in [-0.3, -0.25) is 9.59 Å². The van der Waals surface area contributed by atoms with Gasteiger partial charge in [0.2, 0.25) is 11.9 Å². The molecule has 4 N–H and O–H groups in total. The Hall–Kier alpha value is -4.68. The molecule has 2 aliphatic rings. The van der Waals surface area contributed by atoms with Gasteiger partial charge < -0.3 is 30.2 Å². The Bertz CT molecular complexity index is 1640. The van der Waals surface area contributed by atoms with Gasteiger partial charge in [0.25, 0.3) is 5.79 Å². The molecule has 2 aliphatic heterocycles. The summed E-state index contributed by atoms with van der Waals surface area (Å²) in [5.74, 6) is -2.91. The number of carbonyl (C=O) groups is 2. The number of hydrogen-bond acceptors (Lipinski definition) is 8. The molecule has 0 bridgehead atoms. The highest BCUT2D eigenvalue weighted by Crippen LogP contribution is 2.43. The van der Waals surface area contributed by atoms with E-state index in [1.807, 2.05) is 0 Å². The fraction of sp³-hybridized carbons (Fsp3) is 0.323. The molecule has 2 saturated heterocycles. The van der Waals surface area contributed by atoms with Crippen molar-refractivity contribution < 1.29 is 28.6 Å². The number of amides is 1. The van der Waals surface area contributed by atoms with Crippen molar-refractivity contribution in [3.63, 3.8) is 0 Å². The number of hydrogen-bond donors (Lipinski definition) is 3. The molecule has 11 nitrogen and oxygen atoms in total. The Morgan fingerprint density at radius 2 is 1.65 bits per heavy atom. The number of carbonyl (C=O) groups excluding carboxylic acids is 1. The molecule has 0 aliphatic carbocycles. The zero-order valence-corrected chi connectivity index (χ0v) is 23.5. The Kier molecular flexibility index (Phi) is 7.40. The van der Waals surface area contributed by atoms with Gasteiger partial charge in [-0.1, -0.05) is 12.1 Å². The minimum absolute atomic E-state index is 0.186. The summed E-state index contributed by atoms with van der Waals surface area (Å²) in [5, 5.41) is 9.82. The highest BCUT2D eigenvalue weighted by molar-refractivity contribution is 5.92. The zero-order chi connectivity index (χ0) is 30.2. The number of benzene rings is 2. The van der Waals surface area contributed by atoms with Gasteiger partial charge in [0.05, 0.1) is 30.3 Å². The minimum atomic E-state index is -1.67. The first kappa shape index (κ1) is 28.4. The van der Waals surface area contributed by atoms with Crippen LogP contribution in [0.2, 0.25) is 0 Å². The number of carboxylic acid groups (broad SMARTS) is 1. The highest BCUT2D eigenvalue weighted by Gasteiger charge is 2.51. The molecule has 1 amide bonds. The van der Waals surface area contributed by atoms with Crippen LogP contribution in [0, 0.1) is 11.2 Å². The standard InChI is InChI=1S/C31H31FN6O5/c1-30(28(40)41)17-42-31(43-18-30,21-9-5-20(6-10-21)26(33)39)27-36-24(19-7-11-22(32)12-8-19)25(37-27)23-13-14-34-29(35-23)38-15-3-2-4-16-38/h5-14H,2-4,15-18H2,1H3,(H2,33,39)(H,36,37)(H,40,41). The van der Waals surface area contributed by atoms with Gasteiger partial charge in [-0.15, -0.1) is 0 Å². The summed E-state index contributed by atoms with van der Waals surface area (Å²) in [6.07, 6.45) is 4.97. The SMILES string of the molecule is CC1(C(=O)O)COC(c2ccc(C(N)=O)cc2)(c2nc(-c3ccc(F)cc3)c(-c3ccnc(N4CCCCC4)n3)[nH]2)OC1. The van der Waals surface area contributed by atoms with Crippen molar-refractivity contribution in [1.29, 1.82) is 0 Å². The molecule has 0 atom stereocenters. The molecular formula is C31H31FN6O5. The van der Waals surface area contributed by atoms with E-state index in [-0.39, 0.29) is 24.6 Å². The Balaban J connectivity index is 1.50. The lowest BCUT2D eigenvalue weighted by atomic mass is 9.90. The van der Waals surface area contributed by atoms with Crippen molar-refractivity contribution in [3.05, 3.63) is 83.6 Å². The van der Waals surface area contributed by atoms with Crippen molar-refractivity contribution in [3.8, 4) is 22.6 Å². The maximum Gasteiger partial charge on any atom is 0.314 e. The van der Waals surface area contributed by atoms with Crippen LogP contribution >= 0.6 is 0 Å². The monoisotopic (exact) mass is 586 g/mol. The average molecular weight is 587 g/mol. The summed E-state index contributed by atoms with van der Waals surface area (Å²) in [7, 11) is 0. The summed E-state index contributed by atoms with van der Waals surface area (Å²) in [5.41, 5.74) is 7.05. The van der Waals surface area contributed by atoms with E-state index in [1.165, 1.54) is 31.2 Å². The van der Waals surface area contributed by atoms with E-state index in [0.29, 0.717) is 34.2 Å². The van der Waals surface area contributed by atoms with Gasteiger partial charge in [0, 0.05) is 36.0 Å². The second-order valence-corrected chi connectivity index (χ2v) is 11.1. The third-order valence-corrected chi connectivity index (χ3v) is 7.92. The second kappa shape index (κ2) is 11.2. The van der Waals surface area contributed by atoms with E-state index in [1.54, 1.807) is 36.5 Å². The number of halogens is 1. The first-order valence-electron chi connectivity index (χ1n) is 14.0. The van der Waals surface area contributed by atoms with Gasteiger partial charge in [-0.2, -0.15) is 0 Å². The molecule has 0 unspecified atom stereocenters. The van der Waals surface area contributed by atoms with E-state index in [2.05, 4.69) is 14.9 Å². The van der Waals surface area contributed by atoms with E-state index in [9.17, 15) is 19.1 Å². The van der Waals surface area contributed by atoms with E-state index in [0.717, 1.165) is 32.4 Å². The molecule has 222 valence electrons. The number of anilines is 1. The number of rotatable bonds is 7. The number of carboxylic acids is 1. The van der Waals surface area contributed by atoms with Crippen molar-refractivity contribution in [2.24, 2.45) is 11.1 Å². The molecule has 0 spiro atoms. The van der Waals surface area contributed by atoms with Gasteiger partial charge >= 0.3 is 5.97 Å². The quantitative estimate of drug-likeness (QED) is 0.290. The van der Waals surface area contributed by atoms with E-state index < -0.39 is 28.9 Å². The molecule has 2 fully saturated rings. The number of nitrogens with zero attached hydrogens (tertiary/aromatic N) is 4. The normalized spacial score (nSPS) is 22.3. The maximum absolute atomic E-state index is 13.9. The number of H-pyrrole nitrogens is 1. The van der Waals surface area contributed by atoms with Crippen LogP contribution < -0.4 is 10.6 Å². The summed E-state index contributed by atoms with van der Waals surface area (Å²) in [6.45, 7) is 2.88. The number of aromatic nitrogens is 4. The number of nitrogens with one attached hydrogen (secondary N) is 1. The Morgan fingerprint density at radius 1 is 0.977 bits per heavy atom. The smallest absolute Gasteiger partial charge is 0.314 e. The largest absolute Gasteiger partial charge is 0.481 e. The molecule has 0 radical (unpaired) electrons. The van der Waals surface area contributed by atoms with Crippen molar-refractivity contribution in [2.75, 3.05) is 31.2 Å². The Labute approximate surface area is 246 Å². The second-order valence-electron chi connectivity index (χ2n) is 11.1. The number of piperidine rings is 1. The van der Waals surface area contributed by atoms with Gasteiger partial charge in [0.15, 0.2) is 5.82 Å². The summed E-state index contributed by atoms with van der Waals surface area (Å²) >= 11 is 0. The number of primary amides is 1. The number of aliphatic carboxylic acids is 1. The predicted octanol–water partition coefficient (Wildman–Crippen LogP) is 4.10. The topological polar surface area (TPSA) is 157 Å². The zero-order valence-electron chi connectivity index (χ0n) is 23.5. The Morgan fingerprint density at radius 3 is 2.28 bits per heavy atom. The fourth-order valence-electron chi connectivity index (χ4n) is 5.29. The van der Waals surface area contributed by atoms with Crippen molar-refractivity contribution >= 4 is 17.8 Å². The lowest BCUT2D eigenvalue weighted by Crippen LogP contribution is -2.51. The predicted molar refractivity (Wildman–Crippen MR) is 154 cm³/mol. The average Bonchev–Trinajstić information content (AvgIpc) is 3.49. The van der Waals surface area contributed by atoms with Gasteiger partial charge in [0.1, 0.15) is 11.2 Å². The van der Waals surface area contributed by atoms with Crippen LogP contribution in [0.3, 0.4) is 0 Å². The molecular weight excluding hydrogens is 555 g/mol. The summed E-state index contributed by atoms with van der Waals surface area (Å²) < 4.78 is 26.5. The molecule has 4 heterocycles. The first-order valence-corrected chi connectivity index (χ1v) is 14.0. The fourth-order valence-corrected chi connectivity index (χ4v) is 5.29. The van der Waals surface area contributed by atoms with Crippen LogP contribution in [-0.4, -0.2) is 63.2 Å². The molecule has 0 saturated carbocycles. The third-order valence-electron chi connectivity index (χ3n) is 7.92. The van der Waals surface area contributed by atoms with Gasteiger partial charge in [-0.25, -0.2) is 19.3 Å². The van der Waals surface area contributed by atoms with E-state index in [4.69, 9.17) is 25.2 Å². The molecule has 12 heteroatoms. The van der Waals surface area contributed by atoms with E-state index >= 15 is 0 Å². The molecule has 43 heavy (non-hydrogen) atoms. The number of aromatic amines is 1. The number of ether oxygens (including phenoxy) is 2. The lowest BCUT2D eigenvalue weighted by Gasteiger charge is -2.42. The van der Waals surface area contributed by atoms with Crippen LogP contribution in [0.5, 0.6) is 0 Å². The lowest BCUT2D eigenvalue weighted by molar-refractivity contribution is -0.288. The van der Waals surface area contributed by atoms with Crippen LogP contribution in [0.25, 0.3) is 22.6 Å². The summed E-state index contributed by atoms with van der Waals surface area (Å²) in [4.78, 5) is 43.5. The van der Waals surface area contributed by atoms with Crippen LogP contribution in [0.1, 0.15) is 47.9 Å². The highest BCUT2D eigenvalue weighted by atomic mass is 19.1. The molecule has 2 aromatic heterocycles. The summed E-state index contributed by atoms with van der Waals surface area (Å²) in [6, 6.07) is 14.0. The van der Waals surface area contributed by atoms with Crippen LogP contribution in [-0.2, 0) is 20.1 Å². The van der Waals surface area contributed by atoms with Gasteiger partial charge in [-0.05, 0) is 68.7 Å². The minimum Gasteiger partial charge on any atom is -0.481 e. The van der Waals surface area contributed by atoms with Crippen LogP contribution in [0.4, 0.5) is 10.3 Å². The van der Waals surface area contributed by atoms with Crippen molar-refractivity contribution in [2.45, 2.75) is 32.0 Å². The number of nitrogens with two attached hydrogens (primary N) is 1. The van der Waals surface area contributed by atoms with Crippen LogP contribution in [0.15, 0.2) is 60.8 Å². The number of imidazole rings is 1. The first-order chi connectivity index (χ1) is 20.7. The molecule has 4 aromatic rings. The van der Waals surface area contributed by atoms with Crippen molar-refractivity contribution in [1.82, 2.24) is 19.9 Å². The molecule has 2 aromatic carbocycles. The maximum atomic E-state index is 13.9.